The molecule has 6 nitrogen and oxygen atoms in total. The summed E-state index contributed by atoms with van der Waals surface area (Å²) in [5.41, 5.74) is 5.86. The molecule has 1 rings (SSSR count). The number of ether oxygens (including phenoxy) is 2. The fourth-order valence-corrected chi connectivity index (χ4v) is 2.13. The Morgan fingerprint density at radius 3 is 2.71 bits per heavy atom. The van der Waals surface area contributed by atoms with Gasteiger partial charge in [0.25, 0.3) is 0 Å². The maximum atomic E-state index is 11.4. The van der Waals surface area contributed by atoms with Crippen LogP contribution in [-0.2, 0) is 14.3 Å². The van der Waals surface area contributed by atoms with Crippen molar-refractivity contribution < 1.29 is 19.1 Å². The highest BCUT2D eigenvalue weighted by Crippen LogP contribution is 2.20. The summed E-state index contributed by atoms with van der Waals surface area (Å²) in [6.07, 6.45) is 0.635. The molecule has 0 aliphatic carbocycles. The molecule has 0 aromatic rings. The molecule has 0 saturated carbocycles. The number of carbonyl (C=O) groups is 2. The number of esters is 1. The molecule has 0 aromatic carbocycles. The Morgan fingerprint density at radius 1 is 1.41 bits per heavy atom. The summed E-state index contributed by atoms with van der Waals surface area (Å²) in [5, 5.41) is 0. The van der Waals surface area contributed by atoms with Gasteiger partial charge < -0.3 is 20.1 Å². The van der Waals surface area contributed by atoms with E-state index in [1.54, 1.807) is 6.92 Å². The second-order valence-electron chi connectivity index (χ2n) is 4.25. The third-order valence-corrected chi connectivity index (χ3v) is 2.76. The highest BCUT2D eigenvalue weighted by Gasteiger charge is 2.30. The minimum Gasteiger partial charge on any atom is -0.466 e. The van der Waals surface area contributed by atoms with E-state index in [0.717, 1.165) is 6.42 Å². The van der Waals surface area contributed by atoms with Crippen LogP contribution in [0.5, 0.6) is 0 Å². The van der Waals surface area contributed by atoms with E-state index in [2.05, 4.69) is 4.74 Å². The van der Waals surface area contributed by atoms with Gasteiger partial charge in [-0.05, 0) is 19.3 Å². The molecule has 1 amide bonds. The summed E-state index contributed by atoms with van der Waals surface area (Å²) in [5.74, 6) is -0.187. The normalized spacial score (nSPS) is 24.3. The number of carbonyl (C=O) groups excluding carboxylic acids is 2. The van der Waals surface area contributed by atoms with Crippen molar-refractivity contribution in [2.75, 3.05) is 26.8 Å². The van der Waals surface area contributed by atoms with Crippen LogP contribution in [0.1, 0.15) is 19.8 Å². The molecule has 2 unspecified atom stereocenters. The van der Waals surface area contributed by atoms with E-state index in [4.69, 9.17) is 10.5 Å². The number of hydrogen-bond acceptors (Lipinski definition) is 5. The number of nitrogens with zero attached hydrogens (tertiary/aromatic N) is 1. The zero-order chi connectivity index (χ0) is 12.8. The van der Waals surface area contributed by atoms with Crippen LogP contribution >= 0.6 is 0 Å². The molecule has 1 fully saturated rings. The third-order valence-electron chi connectivity index (χ3n) is 2.76. The molecule has 1 aliphatic heterocycles. The van der Waals surface area contributed by atoms with Crippen LogP contribution in [-0.4, -0.2) is 49.8 Å². The summed E-state index contributed by atoms with van der Waals surface area (Å²) in [4.78, 5) is 24.3. The zero-order valence-corrected chi connectivity index (χ0v) is 10.3. The Labute approximate surface area is 101 Å². The lowest BCUT2D eigenvalue weighted by Crippen LogP contribution is -2.49. The standard InChI is InChI=1S/C11H20N2O4/c1-3-17-10(14)5-8-4-9(12)7-13(6-8)11(15)16-2/h8-9H,3-7,12H2,1-2H3. The van der Waals surface area contributed by atoms with Crippen molar-refractivity contribution >= 4 is 12.1 Å². The van der Waals surface area contributed by atoms with E-state index in [-0.39, 0.29) is 17.9 Å². The van der Waals surface area contributed by atoms with Gasteiger partial charge in [0.2, 0.25) is 0 Å². The van der Waals surface area contributed by atoms with Gasteiger partial charge in [0.15, 0.2) is 0 Å². The SMILES string of the molecule is CCOC(=O)CC1CC(N)CN(C(=O)OC)C1. The maximum Gasteiger partial charge on any atom is 0.409 e. The molecule has 2 N–H and O–H groups in total. The Balaban J connectivity index is 2.50. The first-order chi connectivity index (χ1) is 8.06. The van der Waals surface area contributed by atoms with Crippen LogP contribution in [0.3, 0.4) is 0 Å². The fourth-order valence-electron chi connectivity index (χ4n) is 2.13. The van der Waals surface area contributed by atoms with E-state index in [9.17, 15) is 9.59 Å². The van der Waals surface area contributed by atoms with Gasteiger partial charge in [0.05, 0.1) is 20.1 Å². The van der Waals surface area contributed by atoms with Crippen LogP contribution in [0.4, 0.5) is 4.79 Å². The molecule has 0 spiro atoms. The Bertz CT molecular complexity index is 283. The van der Waals surface area contributed by atoms with Crippen molar-refractivity contribution in [3.63, 3.8) is 0 Å². The average molecular weight is 244 g/mol. The second kappa shape index (κ2) is 6.44. The van der Waals surface area contributed by atoms with Crippen molar-refractivity contribution in [3.05, 3.63) is 0 Å². The van der Waals surface area contributed by atoms with Crippen molar-refractivity contribution in [1.29, 1.82) is 0 Å². The predicted octanol–water partition coefficient (Wildman–Crippen LogP) is 0.355. The van der Waals surface area contributed by atoms with Gasteiger partial charge in [-0.3, -0.25) is 4.79 Å². The Kier molecular flexibility index (Phi) is 5.21. The average Bonchev–Trinajstić information content (AvgIpc) is 2.27. The lowest BCUT2D eigenvalue weighted by molar-refractivity contribution is -0.144. The lowest BCUT2D eigenvalue weighted by atomic mass is 9.92. The lowest BCUT2D eigenvalue weighted by Gasteiger charge is -2.34. The van der Waals surface area contributed by atoms with Gasteiger partial charge in [0.1, 0.15) is 0 Å². The number of piperidine rings is 1. The fraction of sp³-hybridized carbons (Fsp3) is 0.818. The minimum absolute atomic E-state index is 0.0527. The van der Waals surface area contributed by atoms with E-state index in [0.29, 0.717) is 26.1 Å². The van der Waals surface area contributed by atoms with Crippen LogP contribution in [0.15, 0.2) is 0 Å². The first kappa shape index (κ1) is 13.8. The van der Waals surface area contributed by atoms with Crippen molar-refractivity contribution in [2.45, 2.75) is 25.8 Å². The zero-order valence-electron chi connectivity index (χ0n) is 10.3. The molecule has 6 heteroatoms. The molecule has 0 radical (unpaired) electrons. The number of likely N-dealkylation sites (tertiary alicyclic amines) is 1. The summed E-state index contributed by atoms with van der Waals surface area (Å²) in [7, 11) is 1.34. The highest BCUT2D eigenvalue weighted by molar-refractivity contribution is 5.70. The van der Waals surface area contributed by atoms with E-state index in [1.165, 1.54) is 12.0 Å². The molecule has 2 atom stereocenters. The molecular weight excluding hydrogens is 224 g/mol. The Morgan fingerprint density at radius 2 is 2.12 bits per heavy atom. The summed E-state index contributed by atoms with van der Waals surface area (Å²) in [6.45, 7) is 3.12. The van der Waals surface area contributed by atoms with Gasteiger partial charge in [-0.25, -0.2) is 4.79 Å². The Hall–Kier alpha value is -1.30. The van der Waals surface area contributed by atoms with E-state index >= 15 is 0 Å². The van der Waals surface area contributed by atoms with E-state index < -0.39 is 6.09 Å². The smallest absolute Gasteiger partial charge is 0.409 e. The van der Waals surface area contributed by atoms with Crippen LogP contribution in [0, 0.1) is 5.92 Å². The molecule has 1 aliphatic rings. The first-order valence-electron chi connectivity index (χ1n) is 5.80. The number of amides is 1. The predicted molar refractivity (Wildman–Crippen MR) is 61.3 cm³/mol. The minimum atomic E-state index is -0.394. The van der Waals surface area contributed by atoms with Gasteiger partial charge in [-0.15, -0.1) is 0 Å². The van der Waals surface area contributed by atoms with Gasteiger partial charge in [-0.1, -0.05) is 0 Å². The number of nitrogens with two attached hydrogens (primary N) is 1. The molecular formula is C11H20N2O4. The van der Waals surface area contributed by atoms with Crippen molar-refractivity contribution in [3.8, 4) is 0 Å². The second-order valence-corrected chi connectivity index (χ2v) is 4.25. The van der Waals surface area contributed by atoms with Gasteiger partial charge >= 0.3 is 12.1 Å². The summed E-state index contributed by atoms with van der Waals surface area (Å²) in [6, 6.07) is -0.109. The molecule has 1 heterocycles. The van der Waals surface area contributed by atoms with Crippen LogP contribution in [0.25, 0.3) is 0 Å². The van der Waals surface area contributed by atoms with Crippen LogP contribution < -0.4 is 5.73 Å². The maximum absolute atomic E-state index is 11.4. The highest BCUT2D eigenvalue weighted by atomic mass is 16.5. The monoisotopic (exact) mass is 244 g/mol. The van der Waals surface area contributed by atoms with Gasteiger partial charge in [-0.2, -0.15) is 0 Å². The quantitative estimate of drug-likeness (QED) is 0.725. The molecule has 98 valence electrons. The molecule has 1 saturated heterocycles. The molecule has 0 aromatic heterocycles. The number of hydrogen-bond donors (Lipinski definition) is 1. The topological polar surface area (TPSA) is 81.9 Å². The number of methoxy groups -OCH3 is 1. The van der Waals surface area contributed by atoms with Crippen molar-refractivity contribution in [2.24, 2.45) is 11.7 Å². The largest absolute Gasteiger partial charge is 0.466 e. The first-order valence-corrected chi connectivity index (χ1v) is 5.80. The van der Waals surface area contributed by atoms with E-state index in [1.807, 2.05) is 0 Å². The molecule has 17 heavy (non-hydrogen) atoms. The summed E-state index contributed by atoms with van der Waals surface area (Å²) < 4.78 is 9.54. The third kappa shape index (κ3) is 4.22. The molecule has 0 bridgehead atoms. The summed E-state index contributed by atoms with van der Waals surface area (Å²) >= 11 is 0. The van der Waals surface area contributed by atoms with Crippen molar-refractivity contribution in [1.82, 2.24) is 4.90 Å². The van der Waals surface area contributed by atoms with Crippen LogP contribution in [0.2, 0.25) is 0 Å². The number of rotatable bonds is 3. The van der Waals surface area contributed by atoms with Gasteiger partial charge in [0, 0.05) is 19.1 Å².